The van der Waals surface area contributed by atoms with Gasteiger partial charge in [-0.25, -0.2) is 0 Å². The van der Waals surface area contributed by atoms with Gasteiger partial charge in [0, 0.05) is 50.9 Å². The maximum atomic E-state index is 0. The molecular weight excluding hydrogens is 175 g/mol. The summed E-state index contributed by atoms with van der Waals surface area (Å²) in [6.07, 6.45) is 0. The summed E-state index contributed by atoms with van der Waals surface area (Å²) in [5, 5.41) is 0. The van der Waals surface area contributed by atoms with E-state index in [-0.39, 0.29) is 61.0 Å². The van der Waals surface area contributed by atoms with E-state index >= 15 is 0 Å². The van der Waals surface area contributed by atoms with Crippen LogP contribution in [-0.4, -0.2) is 10.1 Å². The SMILES string of the molecule is [BeH2].[Cr].[Mn].[Ni]. The van der Waals surface area contributed by atoms with Gasteiger partial charge in [-0.15, -0.1) is 0 Å². The molecule has 0 aromatic heterocycles. The molecule has 0 saturated heterocycles. The Labute approximate surface area is 60.8 Å². The maximum Gasteiger partial charge on any atom is 0 e. The van der Waals surface area contributed by atoms with Crippen molar-refractivity contribution in [3.8, 4) is 0 Å². The van der Waals surface area contributed by atoms with E-state index in [1.165, 1.54) is 0 Å². The van der Waals surface area contributed by atoms with Gasteiger partial charge >= 0.3 is 10.1 Å². The van der Waals surface area contributed by atoms with Crippen LogP contribution in [0, 0.1) is 0 Å². The fraction of sp³-hybridized carbons (Fsp3) is 0. The summed E-state index contributed by atoms with van der Waals surface area (Å²) in [7, 11) is 0. The molecule has 0 heterocycles. The first kappa shape index (κ1) is 43.2. The largest absolute Gasteiger partial charge is 0 e. The molecule has 1 radical (unpaired) electrons. The molecule has 4 heteroatoms. The third kappa shape index (κ3) is 9.31. The van der Waals surface area contributed by atoms with Crippen LogP contribution in [0.25, 0.3) is 0 Å². The number of hydrogen-bond acceptors (Lipinski definition) is 0. The van der Waals surface area contributed by atoms with E-state index in [1.54, 1.807) is 0 Å². The zero-order chi connectivity index (χ0) is 0. The summed E-state index contributed by atoms with van der Waals surface area (Å²) in [6.45, 7) is 0. The second-order valence-electron chi connectivity index (χ2n) is 0. The van der Waals surface area contributed by atoms with Crippen molar-refractivity contribution in [3.63, 3.8) is 0 Å². The molecule has 0 unspecified atom stereocenters. The van der Waals surface area contributed by atoms with Gasteiger partial charge in [0.15, 0.2) is 0 Å². The van der Waals surface area contributed by atoms with E-state index in [0.717, 1.165) is 0 Å². The van der Waals surface area contributed by atoms with Crippen LogP contribution in [0.5, 0.6) is 0 Å². The summed E-state index contributed by atoms with van der Waals surface area (Å²) in [6, 6.07) is 0. The van der Waals surface area contributed by atoms with Gasteiger partial charge in [0.25, 0.3) is 0 Å². The quantitative estimate of drug-likeness (QED) is 0.419. The molecule has 27 valence electrons. The Bertz CT molecular complexity index is 8.00. The van der Waals surface area contributed by atoms with Crippen LogP contribution < -0.4 is 0 Å². The molecule has 0 saturated carbocycles. The zero-order valence-electron chi connectivity index (χ0n) is 1.10. The van der Waals surface area contributed by atoms with E-state index in [2.05, 4.69) is 0 Å². The van der Waals surface area contributed by atoms with Crippen molar-refractivity contribution in [1.29, 1.82) is 0 Å². The molecule has 0 aromatic carbocycles. The Morgan fingerprint density at radius 2 is 1.00 bits per heavy atom. The second kappa shape index (κ2) is 22.1. The maximum absolute atomic E-state index is 0. The fourth-order valence-electron chi connectivity index (χ4n) is 0. The van der Waals surface area contributed by atoms with Gasteiger partial charge in [-0.3, -0.25) is 0 Å². The molecule has 0 rings (SSSR count). The molecule has 0 bridgehead atoms. The van der Waals surface area contributed by atoms with Crippen molar-refractivity contribution in [2.75, 3.05) is 0 Å². The van der Waals surface area contributed by atoms with Crippen molar-refractivity contribution in [1.82, 2.24) is 0 Å². The minimum absolute atomic E-state index is 0. The molecular formula is H2BeCrMnNi. The first-order valence-electron chi connectivity index (χ1n) is 0. The summed E-state index contributed by atoms with van der Waals surface area (Å²) in [5.74, 6) is 0. The molecule has 0 nitrogen and oxygen atoms in total. The van der Waals surface area contributed by atoms with Crippen molar-refractivity contribution >= 4 is 10.1 Å². The molecule has 0 aliphatic rings. The third-order valence-electron chi connectivity index (χ3n) is 0. The minimum Gasteiger partial charge on any atom is 0 e. The molecule has 0 aliphatic heterocycles. The van der Waals surface area contributed by atoms with Crippen LogP contribution in [0.2, 0.25) is 0 Å². The van der Waals surface area contributed by atoms with Crippen LogP contribution in [-0.2, 0) is 50.9 Å². The monoisotopic (exact) mass is 176 g/mol. The Kier molecular flexibility index (Phi) is 239. The molecule has 0 spiro atoms. The van der Waals surface area contributed by atoms with Gasteiger partial charge in [0.05, 0.1) is 0 Å². The van der Waals surface area contributed by atoms with Gasteiger partial charge in [0.1, 0.15) is 0 Å². The molecule has 4 heavy (non-hydrogen) atoms. The standard InChI is InChI=1S/Be.Cr.Mn.Ni.2H. The van der Waals surface area contributed by atoms with Crippen LogP contribution in [0.15, 0.2) is 0 Å². The Balaban J connectivity index is 0. The number of hydrogen-bond donors (Lipinski definition) is 0. The Hall–Kier alpha value is 1.71. The summed E-state index contributed by atoms with van der Waals surface area (Å²) < 4.78 is 0. The molecule has 0 aliphatic carbocycles. The Morgan fingerprint density at radius 3 is 1.00 bits per heavy atom. The summed E-state index contributed by atoms with van der Waals surface area (Å²) in [4.78, 5) is 0. The molecule has 0 N–H and O–H groups in total. The van der Waals surface area contributed by atoms with E-state index in [4.69, 9.17) is 0 Å². The minimum atomic E-state index is 0. The van der Waals surface area contributed by atoms with Gasteiger partial charge in [0.2, 0.25) is 0 Å². The average Bonchev–Trinajstić information content (AvgIpc) is 0. The van der Waals surface area contributed by atoms with E-state index in [9.17, 15) is 0 Å². The van der Waals surface area contributed by atoms with E-state index < -0.39 is 0 Å². The van der Waals surface area contributed by atoms with Gasteiger partial charge in [-0.05, 0) is 0 Å². The molecule has 0 amide bonds. The van der Waals surface area contributed by atoms with Gasteiger partial charge < -0.3 is 0 Å². The van der Waals surface area contributed by atoms with Crippen molar-refractivity contribution in [2.24, 2.45) is 0 Å². The summed E-state index contributed by atoms with van der Waals surface area (Å²) in [5.41, 5.74) is 0. The van der Waals surface area contributed by atoms with E-state index in [0.29, 0.717) is 0 Å². The van der Waals surface area contributed by atoms with E-state index in [1.807, 2.05) is 0 Å². The van der Waals surface area contributed by atoms with Crippen LogP contribution in [0.1, 0.15) is 0 Å². The second-order valence-corrected chi connectivity index (χ2v) is 0. The van der Waals surface area contributed by atoms with Gasteiger partial charge in [-0.2, -0.15) is 0 Å². The number of rotatable bonds is 0. The van der Waals surface area contributed by atoms with Crippen LogP contribution in [0.4, 0.5) is 0 Å². The normalized spacial score (nSPS) is 0. The topological polar surface area (TPSA) is 0 Å². The first-order chi connectivity index (χ1) is 0. The average molecular weight is 177 g/mol. The fourth-order valence-corrected chi connectivity index (χ4v) is 0. The van der Waals surface area contributed by atoms with Crippen molar-refractivity contribution < 1.29 is 50.9 Å². The predicted octanol–water partition coefficient (Wildman–Crippen LogP) is -0.924. The van der Waals surface area contributed by atoms with Crippen LogP contribution in [0.3, 0.4) is 0 Å². The zero-order valence-corrected chi connectivity index (χ0v) is 4.55. The third-order valence-corrected chi connectivity index (χ3v) is 0. The predicted molar refractivity (Wildman–Crippen MR) is 8.54 cm³/mol. The van der Waals surface area contributed by atoms with Crippen molar-refractivity contribution in [3.05, 3.63) is 0 Å². The van der Waals surface area contributed by atoms with Gasteiger partial charge in [-0.1, -0.05) is 0 Å². The molecule has 0 atom stereocenters. The smallest absolute Gasteiger partial charge is 0 e. The summed E-state index contributed by atoms with van der Waals surface area (Å²) >= 11 is 0. The van der Waals surface area contributed by atoms with Crippen molar-refractivity contribution in [2.45, 2.75) is 0 Å². The first-order valence-corrected chi connectivity index (χ1v) is 0. The Morgan fingerprint density at radius 1 is 1.00 bits per heavy atom. The molecule has 0 aromatic rings. The molecule has 0 fully saturated rings. The van der Waals surface area contributed by atoms with Crippen LogP contribution >= 0.6 is 0 Å².